The summed E-state index contributed by atoms with van der Waals surface area (Å²) >= 11 is 0. The van der Waals surface area contributed by atoms with Gasteiger partial charge in [-0.2, -0.15) is 0 Å². The van der Waals surface area contributed by atoms with Gasteiger partial charge >= 0.3 is 243 Å². The van der Waals surface area contributed by atoms with Crippen molar-refractivity contribution in [3.8, 4) is 17.2 Å². The molecule has 3 nitrogen and oxygen atoms in total. The summed E-state index contributed by atoms with van der Waals surface area (Å²) in [7, 11) is -3.88. The zero-order valence-electron chi connectivity index (χ0n) is 22.5. The number of benzene rings is 6. The maximum absolute atomic E-state index is 7.29. The molecule has 6 rings (SSSR count). The SMILES string of the molecule is c1ccc(O[PH](Oc2ccccc2)(Oc2ccccc2)[PH](c2ccccc2)(c2ccccc2)c2ccccc2)cc1. The third-order valence-corrected chi connectivity index (χ3v) is 19.4. The molecule has 0 aliphatic rings. The van der Waals surface area contributed by atoms with Crippen LogP contribution in [-0.2, 0) is 0 Å². The van der Waals surface area contributed by atoms with Gasteiger partial charge in [-0.05, 0) is 0 Å². The second-order valence-corrected chi connectivity index (χ2v) is 18.7. The Labute approximate surface area is 242 Å². The molecule has 0 atom stereocenters. The third kappa shape index (κ3) is 5.48. The quantitative estimate of drug-likeness (QED) is 0.154. The minimum absolute atomic E-state index is 0.700. The fourth-order valence-electron chi connectivity index (χ4n) is 5.32. The van der Waals surface area contributed by atoms with Crippen molar-refractivity contribution in [2.45, 2.75) is 0 Å². The molecule has 0 N–H and O–H groups in total. The molecule has 0 fully saturated rings. The molecule has 0 aliphatic heterocycles. The summed E-state index contributed by atoms with van der Waals surface area (Å²) < 4.78 is 21.9. The second kappa shape index (κ2) is 12.4. The van der Waals surface area contributed by atoms with Crippen molar-refractivity contribution >= 4 is 30.5 Å². The summed E-state index contributed by atoms with van der Waals surface area (Å²) in [6, 6.07) is 61.6. The van der Waals surface area contributed by atoms with Gasteiger partial charge < -0.3 is 0 Å². The van der Waals surface area contributed by atoms with Crippen LogP contribution in [0.4, 0.5) is 0 Å². The van der Waals surface area contributed by atoms with Crippen molar-refractivity contribution in [3.05, 3.63) is 182 Å². The average Bonchev–Trinajstić information content (AvgIpc) is 3.04. The molecule has 41 heavy (non-hydrogen) atoms. The number of rotatable bonds is 10. The predicted molar refractivity (Wildman–Crippen MR) is 176 cm³/mol. The molecule has 5 heteroatoms. The molecule has 204 valence electrons. The first-order valence-electron chi connectivity index (χ1n) is 13.7. The first-order chi connectivity index (χ1) is 20.3. The van der Waals surface area contributed by atoms with Crippen molar-refractivity contribution in [1.82, 2.24) is 0 Å². The summed E-state index contributed by atoms with van der Waals surface area (Å²) in [4.78, 5) is 0. The van der Waals surface area contributed by atoms with Gasteiger partial charge in [-0.25, -0.2) is 0 Å². The molecule has 0 saturated heterocycles. The van der Waals surface area contributed by atoms with E-state index in [4.69, 9.17) is 13.6 Å². The number of hydrogen-bond acceptors (Lipinski definition) is 3. The van der Waals surface area contributed by atoms with E-state index in [1.165, 1.54) is 0 Å². The summed E-state index contributed by atoms with van der Waals surface area (Å²) in [5, 5.41) is 3.44. The Kier molecular flexibility index (Phi) is 8.10. The number of hydrogen-bond donors (Lipinski definition) is 0. The van der Waals surface area contributed by atoms with E-state index in [1.807, 2.05) is 91.0 Å². The van der Waals surface area contributed by atoms with Crippen LogP contribution < -0.4 is 29.5 Å². The van der Waals surface area contributed by atoms with Crippen molar-refractivity contribution < 1.29 is 13.6 Å². The molecule has 6 aromatic rings. The molecule has 0 spiro atoms. The van der Waals surface area contributed by atoms with Crippen LogP contribution in [0.2, 0.25) is 0 Å². The van der Waals surface area contributed by atoms with E-state index in [9.17, 15) is 0 Å². The predicted octanol–water partition coefficient (Wildman–Crippen LogP) is 8.36. The number of para-hydroxylation sites is 3. The summed E-state index contributed by atoms with van der Waals surface area (Å²) in [6.07, 6.45) is 0. The molecular weight excluding hydrogens is 542 g/mol. The Bertz CT molecular complexity index is 1440. The van der Waals surface area contributed by atoms with Crippen LogP contribution in [-0.4, -0.2) is 0 Å². The zero-order valence-corrected chi connectivity index (χ0v) is 24.5. The monoisotopic (exact) mass is 574 g/mol. The Morgan fingerprint density at radius 2 is 0.488 bits per heavy atom. The van der Waals surface area contributed by atoms with E-state index in [2.05, 4.69) is 91.0 Å². The van der Waals surface area contributed by atoms with Crippen LogP contribution in [0.1, 0.15) is 0 Å². The van der Waals surface area contributed by atoms with E-state index in [0.29, 0.717) is 17.2 Å². The van der Waals surface area contributed by atoms with Crippen LogP contribution in [0, 0.1) is 0 Å². The Morgan fingerprint density at radius 3 is 0.732 bits per heavy atom. The van der Waals surface area contributed by atoms with Gasteiger partial charge in [0.15, 0.2) is 0 Å². The van der Waals surface area contributed by atoms with Crippen LogP contribution in [0.25, 0.3) is 0 Å². The summed E-state index contributed by atoms with van der Waals surface area (Å²) in [6.45, 7) is -3.28. The standard InChI is InChI=1S/C36H32O3P2/c1-7-19-31(20-8-1)37-41(38-32-21-9-2-10-22-32,39-33-23-11-3-12-24-33)40(34-25-13-4-14-26-34,35-27-15-5-16-28-35)36-29-17-6-18-30-36/h1-30,40-41H. The first kappa shape index (κ1) is 26.8. The van der Waals surface area contributed by atoms with E-state index in [0.717, 1.165) is 15.9 Å². The Hall–Kier alpha value is -4.42. The molecule has 0 aromatic heterocycles. The molecule has 0 aliphatic carbocycles. The van der Waals surface area contributed by atoms with Gasteiger partial charge in [0.2, 0.25) is 0 Å². The average molecular weight is 575 g/mol. The van der Waals surface area contributed by atoms with Crippen molar-refractivity contribution in [3.63, 3.8) is 0 Å². The Balaban J connectivity index is 1.76. The molecule has 0 heterocycles. The first-order valence-corrected chi connectivity index (χ1v) is 18.4. The third-order valence-electron chi connectivity index (χ3n) is 7.07. The molecule has 0 saturated carbocycles. The van der Waals surface area contributed by atoms with E-state index >= 15 is 0 Å². The second-order valence-electron chi connectivity index (χ2n) is 9.65. The van der Waals surface area contributed by atoms with Gasteiger partial charge in [-0.15, -0.1) is 0 Å². The van der Waals surface area contributed by atoms with Gasteiger partial charge in [0.05, 0.1) is 0 Å². The van der Waals surface area contributed by atoms with Gasteiger partial charge in [0.25, 0.3) is 0 Å². The van der Waals surface area contributed by atoms with Gasteiger partial charge in [0, 0.05) is 0 Å². The molecule has 0 bridgehead atoms. The molecular formula is C36H32O3P2. The topological polar surface area (TPSA) is 27.7 Å². The van der Waals surface area contributed by atoms with E-state index in [-0.39, 0.29) is 0 Å². The van der Waals surface area contributed by atoms with Crippen LogP contribution in [0.3, 0.4) is 0 Å². The Morgan fingerprint density at radius 1 is 0.268 bits per heavy atom. The van der Waals surface area contributed by atoms with Crippen molar-refractivity contribution in [2.75, 3.05) is 0 Å². The summed E-state index contributed by atoms with van der Waals surface area (Å²) in [5.41, 5.74) is 0. The van der Waals surface area contributed by atoms with Gasteiger partial charge in [-0.1, -0.05) is 0 Å². The van der Waals surface area contributed by atoms with Crippen LogP contribution in [0.15, 0.2) is 182 Å². The molecule has 6 aromatic carbocycles. The summed E-state index contributed by atoms with van der Waals surface area (Å²) in [5.74, 6) is 2.10. The van der Waals surface area contributed by atoms with Crippen LogP contribution >= 0.6 is 14.6 Å². The fraction of sp³-hybridized carbons (Fsp3) is 0. The fourth-order valence-corrected chi connectivity index (χ4v) is 18.5. The van der Waals surface area contributed by atoms with Crippen molar-refractivity contribution in [2.24, 2.45) is 0 Å². The minimum atomic E-state index is -3.88. The molecule has 0 unspecified atom stereocenters. The normalized spacial score (nSPS) is 12.2. The zero-order chi connectivity index (χ0) is 27.8. The van der Waals surface area contributed by atoms with Crippen LogP contribution in [0.5, 0.6) is 17.2 Å². The molecule has 0 amide bonds. The van der Waals surface area contributed by atoms with Crippen molar-refractivity contribution in [1.29, 1.82) is 0 Å². The van der Waals surface area contributed by atoms with Gasteiger partial charge in [-0.3, -0.25) is 0 Å². The van der Waals surface area contributed by atoms with Gasteiger partial charge in [0.1, 0.15) is 0 Å². The maximum atomic E-state index is 7.29. The van der Waals surface area contributed by atoms with E-state index < -0.39 is 14.6 Å². The van der Waals surface area contributed by atoms with E-state index in [1.54, 1.807) is 0 Å². The molecule has 0 radical (unpaired) electrons.